The maximum Gasteiger partial charge on any atom is 0.228 e. The predicted molar refractivity (Wildman–Crippen MR) is 65.7 cm³/mol. The molecule has 0 aliphatic carbocycles. The second-order valence-corrected chi connectivity index (χ2v) is 4.68. The number of nitrogens with zero attached hydrogens (tertiary/aromatic N) is 1. The van der Waals surface area contributed by atoms with Crippen molar-refractivity contribution in [3.05, 3.63) is 29.3 Å². The van der Waals surface area contributed by atoms with Gasteiger partial charge in [-0.2, -0.15) is 0 Å². The Labute approximate surface area is 100 Å². The van der Waals surface area contributed by atoms with Crippen molar-refractivity contribution in [1.82, 2.24) is 4.90 Å². The molecular formula is C12H15ClN2O. The molecular weight excluding hydrogens is 224 g/mol. The summed E-state index contributed by atoms with van der Waals surface area (Å²) >= 11 is 5.85. The Morgan fingerprint density at radius 1 is 1.56 bits per heavy atom. The van der Waals surface area contributed by atoms with Crippen LogP contribution in [0.5, 0.6) is 0 Å². The van der Waals surface area contributed by atoms with Crippen molar-refractivity contribution >= 4 is 23.2 Å². The topological polar surface area (TPSA) is 32.3 Å². The molecule has 1 aliphatic rings. The minimum Gasteiger partial charge on any atom is -0.326 e. The first-order chi connectivity index (χ1) is 7.65. The predicted octanol–water partition coefficient (Wildman–Crippen LogP) is 2.23. The van der Waals surface area contributed by atoms with E-state index in [-0.39, 0.29) is 11.8 Å². The zero-order valence-electron chi connectivity index (χ0n) is 9.24. The fourth-order valence-electron chi connectivity index (χ4n) is 1.96. The Morgan fingerprint density at radius 2 is 2.38 bits per heavy atom. The number of benzene rings is 1. The third kappa shape index (κ3) is 2.74. The summed E-state index contributed by atoms with van der Waals surface area (Å²) < 4.78 is 0. The number of likely N-dealkylation sites (tertiary alicyclic amines) is 1. The zero-order chi connectivity index (χ0) is 11.5. The van der Waals surface area contributed by atoms with E-state index in [1.165, 1.54) is 0 Å². The third-order valence-corrected chi connectivity index (χ3v) is 3.09. The number of carbonyl (C=O) groups is 1. The van der Waals surface area contributed by atoms with E-state index in [1.807, 2.05) is 19.2 Å². The fraction of sp³-hybridized carbons (Fsp3) is 0.417. The molecule has 0 aromatic heterocycles. The first kappa shape index (κ1) is 11.4. The van der Waals surface area contributed by atoms with Gasteiger partial charge in [0.05, 0.1) is 5.92 Å². The van der Waals surface area contributed by atoms with Gasteiger partial charge in [0.25, 0.3) is 0 Å². The lowest BCUT2D eigenvalue weighted by molar-refractivity contribution is -0.119. The average molecular weight is 239 g/mol. The van der Waals surface area contributed by atoms with Gasteiger partial charge in [-0.15, -0.1) is 0 Å². The molecule has 16 heavy (non-hydrogen) atoms. The molecule has 0 bridgehead atoms. The summed E-state index contributed by atoms with van der Waals surface area (Å²) in [6.45, 7) is 1.83. The smallest absolute Gasteiger partial charge is 0.228 e. The molecule has 4 heteroatoms. The largest absolute Gasteiger partial charge is 0.326 e. The van der Waals surface area contributed by atoms with Gasteiger partial charge >= 0.3 is 0 Å². The van der Waals surface area contributed by atoms with Crippen LogP contribution in [0.4, 0.5) is 5.69 Å². The monoisotopic (exact) mass is 238 g/mol. The molecule has 86 valence electrons. The van der Waals surface area contributed by atoms with Crippen molar-refractivity contribution < 1.29 is 4.79 Å². The van der Waals surface area contributed by atoms with Crippen molar-refractivity contribution in [3.8, 4) is 0 Å². The van der Waals surface area contributed by atoms with Crippen molar-refractivity contribution in [3.63, 3.8) is 0 Å². The Bertz CT molecular complexity index is 394. The quantitative estimate of drug-likeness (QED) is 0.857. The van der Waals surface area contributed by atoms with Gasteiger partial charge in [-0.1, -0.05) is 17.7 Å². The second-order valence-electron chi connectivity index (χ2n) is 4.25. The lowest BCUT2D eigenvalue weighted by atomic mass is 10.1. The van der Waals surface area contributed by atoms with Crippen LogP contribution in [0.2, 0.25) is 5.02 Å². The highest BCUT2D eigenvalue weighted by molar-refractivity contribution is 6.30. The van der Waals surface area contributed by atoms with Gasteiger partial charge in [0, 0.05) is 17.3 Å². The molecule has 0 radical (unpaired) electrons. The molecule has 1 fully saturated rings. The van der Waals surface area contributed by atoms with Gasteiger partial charge in [-0.3, -0.25) is 4.79 Å². The number of nitrogens with one attached hydrogen (secondary N) is 1. The number of hydrogen-bond donors (Lipinski definition) is 1. The van der Waals surface area contributed by atoms with E-state index < -0.39 is 0 Å². The Hall–Kier alpha value is -1.06. The first-order valence-corrected chi connectivity index (χ1v) is 5.78. The van der Waals surface area contributed by atoms with Gasteiger partial charge < -0.3 is 10.2 Å². The van der Waals surface area contributed by atoms with E-state index in [1.54, 1.807) is 12.1 Å². The van der Waals surface area contributed by atoms with Gasteiger partial charge in [0.15, 0.2) is 0 Å². The highest BCUT2D eigenvalue weighted by atomic mass is 35.5. The Morgan fingerprint density at radius 3 is 3.00 bits per heavy atom. The normalized spacial score (nSPS) is 21.0. The summed E-state index contributed by atoms with van der Waals surface area (Å²) in [5, 5.41) is 3.54. The van der Waals surface area contributed by atoms with Crippen LogP contribution in [0.25, 0.3) is 0 Å². The molecule has 1 aromatic carbocycles. The lowest BCUT2D eigenvalue weighted by Crippen LogP contribution is -2.25. The zero-order valence-corrected chi connectivity index (χ0v) is 10.00. The molecule has 1 amide bonds. The highest BCUT2D eigenvalue weighted by Gasteiger charge is 2.25. The van der Waals surface area contributed by atoms with E-state index in [0.29, 0.717) is 5.02 Å². The molecule has 0 spiro atoms. The van der Waals surface area contributed by atoms with E-state index in [4.69, 9.17) is 11.6 Å². The van der Waals surface area contributed by atoms with E-state index in [2.05, 4.69) is 10.2 Å². The Kier molecular flexibility index (Phi) is 3.46. The van der Waals surface area contributed by atoms with Crippen LogP contribution >= 0.6 is 11.6 Å². The molecule has 2 rings (SSSR count). The van der Waals surface area contributed by atoms with Gasteiger partial charge in [-0.05, 0) is 38.2 Å². The van der Waals surface area contributed by atoms with Crippen LogP contribution in [0, 0.1) is 5.92 Å². The van der Waals surface area contributed by atoms with Gasteiger partial charge in [0.1, 0.15) is 0 Å². The van der Waals surface area contributed by atoms with Crippen LogP contribution < -0.4 is 5.32 Å². The molecule has 1 heterocycles. The second kappa shape index (κ2) is 4.85. The molecule has 1 unspecified atom stereocenters. The van der Waals surface area contributed by atoms with E-state index in [0.717, 1.165) is 25.2 Å². The molecule has 1 aromatic rings. The molecule has 0 saturated carbocycles. The van der Waals surface area contributed by atoms with Crippen molar-refractivity contribution in [1.29, 1.82) is 0 Å². The van der Waals surface area contributed by atoms with Crippen molar-refractivity contribution in [2.24, 2.45) is 5.92 Å². The lowest BCUT2D eigenvalue weighted by Gasteiger charge is -2.11. The molecule has 1 N–H and O–H groups in total. The standard InChI is InChI=1S/C12H15ClN2O/c1-15-6-5-9(8-15)12(16)14-11-4-2-3-10(13)7-11/h2-4,7,9H,5-6,8H2,1H3,(H,14,16). The van der Waals surface area contributed by atoms with Crippen molar-refractivity contribution in [2.45, 2.75) is 6.42 Å². The van der Waals surface area contributed by atoms with Crippen LogP contribution in [0.1, 0.15) is 6.42 Å². The first-order valence-electron chi connectivity index (χ1n) is 5.40. The third-order valence-electron chi connectivity index (χ3n) is 2.85. The number of amides is 1. The van der Waals surface area contributed by atoms with Crippen LogP contribution in [-0.2, 0) is 4.79 Å². The van der Waals surface area contributed by atoms with Crippen molar-refractivity contribution in [2.75, 3.05) is 25.5 Å². The van der Waals surface area contributed by atoms with Crippen LogP contribution in [0.15, 0.2) is 24.3 Å². The minimum atomic E-state index is 0.0895. The SMILES string of the molecule is CN1CCC(C(=O)Nc2cccc(Cl)c2)C1. The number of anilines is 1. The summed E-state index contributed by atoms with van der Waals surface area (Å²) in [4.78, 5) is 14.1. The Balaban J connectivity index is 1.97. The van der Waals surface area contributed by atoms with Gasteiger partial charge in [-0.25, -0.2) is 0 Å². The summed E-state index contributed by atoms with van der Waals surface area (Å²) in [5.74, 6) is 0.190. The minimum absolute atomic E-state index is 0.0895. The molecule has 3 nitrogen and oxygen atoms in total. The maximum absolute atomic E-state index is 11.9. The molecule has 1 saturated heterocycles. The number of halogens is 1. The number of rotatable bonds is 2. The maximum atomic E-state index is 11.9. The summed E-state index contributed by atoms with van der Waals surface area (Å²) in [7, 11) is 2.03. The highest BCUT2D eigenvalue weighted by Crippen LogP contribution is 2.19. The molecule has 1 aliphatic heterocycles. The number of hydrogen-bond acceptors (Lipinski definition) is 2. The van der Waals surface area contributed by atoms with Gasteiger partial charge in [0.2, 0.25) is 5.91 Å². The van der Waals surface area contributed by atoms with Crippen LogP contribution in [-0.4, -0.2) is 30.9 Å². The van der Waals surface area contributed by atoms with E-state index in [9.17, 15) is 4.79 Å². The number of carbonyl (C=O) groups excluding carboxylic acids is 1. The molecule has 1 atom stereocenters. The summed E-state index contributed by atoms with van der Waals surface area (Å²) in [5.41, 5.74) is 0.770. The summed E-state index contributed by atoms with van der Waals surface area (Å²) in [6.07, 6.45) is 0.933. The fourth-order valence-corrected chi connectivity index (χ4v) is 2.15. The summed E-state index contributed by atoms with van der Waals surface area (Å²) in [6, 6.07) is 7.24. The van der Waals surface area contributed by atoms with Crippen LogP contribution in [0.3, 0.4) is 0 Å². The van der Waals surface area contributed by atoms with E-state index >= 15 is 0 Å². The average Bonchev–Trinajstić information content (AvgIpc) is 2.65.